The number of nitrogens with zero attached hydrogens (tertiary/aromatic N) is 1. The van der Waals surface area contributed by atoms with E-state index in [4.69, 9.17) is 10.00 Å². The van der Waals surface area contributed by atoms with Gasteiger partial charge in [0, 0.05) is 6.42 Å². The molecule has 0 unspecified atom stereocenters. The molecule has 0 saturated heterocycles. The molecular formula is C10H7BrFNO2. The van der Waals surface area contributed by atoms with Crippen LogP contribution in [0, 0.1) is 17.1 Å². The number of ether oxygens (including phenoxy) is 1. The van der Waals surface area contributed by atoms with Crippen LogP contribution >= 0.6 is 15.9 Å². The van der Waals surface area contributed by atoms with E-state index in [1.165, 1.54) is 12.1 Å². The SMILES string of the molecule is N#Cc1ccc(OCCC=O)c(F)c1Br. The van der Waals surface area contributed by atoms with Crippen LogP contribution in [0.3, 0.4) is 0 Å². The molecule has 78 valence electrons. The summed E-state index contributed by atoms with van der Waals surface area (Å²) < 4.78 is 18.6. The van der Waals surface area contributed by atoms with Gasteiger partial charge in [-0.25, -0.2) is 4.39 Å². The number of hydrogen-bond acceptors (Lipinski definition) is 3. The van der Waals surface area contributed by atoms with Gasteiger partial charge in [-0.15, -0.1) is 0 Å². The largest absolute Gasteiger partial charge is 0.490 e. The molecule has 1 aromatic rings. The minimum atomic E-state index is -0.625. The Morgan fingerprint density at radius 3 is 2.93 bits per heavy atom. The lowest BCUT2D eigenvalue weighted by Gasteiger charge is -2.06. The first kappa shape index (κ1) is 11.7. The molecule has 0 radical (unpaired) electrons. The van der Waals surface area contributed by atoms with Crippen LogP contribution in [-0.4, -0.2) is 12.9 Å². The molecule has 0 fully saturated rings. The lowest BCUT2D eigenvalue weighted by molar-refractivity contribution is -0.108. The Morgan fingerprint density at radius 2 is 2.33 bits per heavy atom. The third-order valence-electron chi connectivity index (χ3n) is 1.66. The molecule has 0 bridgehead atoms. The normalized spacial score (nSPS) is 9.40. The van der Waals surface area contributed by atoms with Gasteiger partial charge >= 0.3 is 0 Å². The van der Waals surface area contributed by atoms with Gasteiger partial charge in [0.25, 0.3) is 0 Å². The van der Waals surface area contributed by atoms with Crippen molar-refractivity contribution < 1.29 is 13.9 Å². The summed E-state index contributed by atoms with van der Waals surface area (Å²) >= 11 is 2.95. The summed E-state index contributed by atoms with van der Waals surface area (Å²) in [4.78, 5) is 10.0. The average Bonchev–Trinajstić information content (AvgIpc) is 2.25. The van der Waals surface area contributed by atoms with Gasteiger partial charge in [-0.1, -0.05) is 0 Å². The van der Waals surface area contributed by atoms with Gasteiger partial charge in [0.1, 0.15) is 12.4 Å². The molecule has 5 heteroatoms. The third kappa shape index (κ3) is 2.77. The maximum Gasteiger partial charge on any atom is 0.180 e. The number of rotatable bonds is 4. The highest BCUT2D eigenvalue weighted by Gasteiger charge is 2.11. The van der Waals surface area contributed by atoms with E-state index in [2.05, 4.69) is 15.9 Å². The lowest BCUT2D eigenvalue weighted by Crippen LogP contribution is -2.00. The summed E-state index contributed by atoms with van der Waals surface area (Å²) in [6, 6.07) is 4.64. The molecule has 0 aliphatic heterocycles. The first-order valence-electron chi connectivity index (χ1n) is 4.15. The van der Waals surface area contributed by atoms with Crippen LogP contribution in [0.2, 0.25) is 0 Å². The lowest BCUT2D eigenvalue weighted by atomic mass is 10.2. The van der Waals surface area contributed by atoms with Crippen LogP contribution in [0.25, 0.3) is 0 Å². The summed E-state index contributed by atoms with van der Waals surface area (Å²) in [6.45, 7) is 0.124. The van der Waals surface area contributed by atoms with Gasteiger partial charge in [-0.2, -0.15) is 5.26 Å². The smallest absolute Gasteiger partial charge is 0.180 e. The van der Waals surface area contributed by atoms with Crippen molar-refractivity contribution in [1.82, 2.24) is 0 Å². The van der Waals surface area contributed by atoms with Crippen LogP contribution in [0.1, 0.15) is 12.0 Å². The predicted octanol–water partition coefficient (Wildman–Crippen LogP) is 2.43. The van der Waals surface area contributed by atoms with Crippen LogP contribution in [0.5, 0.6) is 5.75 Å². The molecule has 1 rings (SSSR count). The fraction of sp³-hybridized carbons (Fsp3) is 0.200. The Kier molecular flexibility index (Phi) is 4.25. The second-order valence-corrected chi connectivity index (χ2v) is 3.45. The molecule has 0 aromatic heterocycles. The fourth-order valence-corrected chi connectivity index (χ4v) is 1.36. The van der Waals surface area contributed by atoms with E-state index in [1.54, 1.807) is 0 Å². The van der Waals surface area contributed by atoms with Crippen molar-refractivity contribution >= 4 is 22.2 Å². The molecule has 1 aromatic carbocycles. The zero-order valence-electron chi connectivity index (χ0n) is 7.67. The zero-order chi connectivity index (χ0) is 11.3. The summed E-state index contributed by atoms with van der Waals surface area (Å²) in [7, 11) is 0. The summed E-state index contributed by atoms with van der Waals surface area (Å²) in [5.41, 5.74) is 0.204. The summed E-state index contributed by atoms with van der Waals surface area (Å²) in [5, 5.41) is 8.61. The number of aldehydes is 1. The van der Waals surface area contributed by atoms with E-state index in [0.717, 1.165) is 0 Å². The Bertz CT molecular complexity index is 415. The fourth-order valence-electron chi connectivity index (χ4n) is 0.947. The Labute approximate surface area is 94.6 Å². The monoisotopic (exact) mass is 271 g/mol. The molecule has 0 heterocycles. The molecule has 0 aliphatic carbocycles. The zero-order valence-corrected chi connectivity index (χ0v) is 9.25. The number of hydrogen-bond donors (Lipinski definition) is 0. The summed E-state index contributed by atoms with van der Waals surface area (Å²) in [5.74, 6) is -0.595. The van der Waals surface area contributed by atoms with Crippen molar-refractivity contribution in [2.45, 2.75) is 6.42 Å². The molecule has 0 aliphatic rings. The van der Waals surface area contributed by atoms with Crippen molar-refractivity contribution in [2.75, 3.05) is 6.61 Å². The molecule has 0 saturated carbocycles. The molecule has 0 atom stereocenters. The van der Waals surface area contributed by atoms with Crippen molar-refractivity contribution in [3.05, 3.63) is 28.0 Å². The second kappa shape index (κ2) is 5.47. The van der Waals surface area contributed by atoms with Gasteiger partial charge in [-0.3, -0.25) is 0 Å². The van der Waals surface area contributed by atoms with E-state index in [9.17, 15) is 9.18 Å². The Morgan fingerprint density at radius 1 is 1.60 bits per heavy atom. The van der Waals surface area contributed by atoms with Crippen LogP contribution in [0.4, 0.5) is 4.39 Å². The first-order valence-corrected chi connectivity index (χ1v) is 4.94. The number of carbonyl (C=O) groups excluding carboxylic acids is 1. The van der Waals surface area contributed by atoms with Crippen molar-refractivity contribution in [3.8, 4) is 11.8 Å². The number of halogens is 2. The first-order chi connectivity index (χ1) is 7.20. The second-order valence-electron chi connectivity index (χ2n) is 2.65. The van der Waals surface area contributed by atoms with E-state index in [-0.39, 0.29) is 28.8 Å². The highest BCUT2D eigenvalue weighted by Crippen LogP contribution is 2.28. The Balaban J connectivity index is 2.88. The van der Waals surface area contributed by atoms with Crippen LogP contribution in [0.15, 0.2) is 16.6 Å². The maximum absolute atomic E-state index is 13.5. The molecule has 3 nitrogen and oxygen atoms in total. The third-order valence-corrected chi connectivity index (χ3v) is 2.44. The van der Waals surface area contributed by atoms with Crippen LogP contribution < -0.4 is 4.74 Å². The van der Waals surface area contributed by atoms with Gasteiger partial charge in [0.15, 0.2) is 11.6 Å². The minimum absolute atomic E-state index is 0.0303. The van der Waals surface area contributed by atoms with E-state index < -0.39 is 5.82 Å². The quantitative estimate of drug-likeness (QED) is 0.624. The highest BCUT2D eigenvalue weighted by atomic mass is 79.9. The average molecular weight is 272 g/mol. The van der Waals surface area contributed by atoms with Crippen molar-refractivity contribution in [1.29, 1.82) is 5.26 Å². The highest BCUT2D eigenvalue weighted by molar-refractivity contribution is 9.10. The molecular weight excluding hydrogens is 265 g/mol. The van der Waals surface area contributed by atoms with Gasteiger partial charge < -0.3 is 9.53 Å². The van der Waals surface area contributed by atoms with Gasteiger partial charge in [0.05, 0.1) is 16.6 Å². The Hall–Kier alpha value is -1.41. The molecule has 0 N–H and O–H groups in total. The van der Waals surface area contributed by atoms with Crippen molar-refractivity contribution in [3.63, 3.8) is 0 Å². The predicted molar refractivity (Wildman–Crippen MR) is 55.0 cm³/mol. The molecule has 0 amide bonds. The van der Waals surface area contributed by atoms with Gasteiger partial charge in [0.2, 0.25) is 0 Å². The molecule has 0 spiro atoms. The minimum Gasteiger partial charge on any atom is -0.490 e. The summed E-state index contributed by atoms with van der Waals surface area (Å²) in [6.07, 6.45) is 0.896. The van der Waals surface area contributed by atoms with Gasteiger partial charge in [-0.05, 0) is 28.1 Å². The van der Waals surface area contributed by atoms with E-state index in [0.29, 0.717) is 6.29 Å². The molecule has 15 heavy (non-hydrogen) atoms. The van der Waals surface area contributed by atoms with E-state index >= 15 is 0 Å². The topological polar surface area (TPSA) is 50.1 Å². The maximum atomic E-state index is 13.5. The number of nitriles is 1. The standard InChI is InChI=1S/C10H7BrFNO2/c11-9-7(6-13)2-3-8(10(9)12)15-5-1-4-14/h2-4H,1,5H2. The van der Waals surface area contributed by atoms with Crippen molar-refractivity contribution in [2.24, 2.45) is 0 Å². The van der Waals surface area contributed by atoms with Crippen LogP contribution in [-0.2, 0) is 4.79 Å². The van der Waals surface area contributed by atoms with E-state index in [1.807, 2.05) is 6.07 Å². The number of carbonyl (C=O) groups is 1. The number of benzene rings is 1.